The number of aryl methyl sites for hydroxylation is 1. The number of H-pyrrole nitrogens is 1. The number of hydrogen-bond donors (Lipinski definition) is 2. The van der Waals surface area contributed by atoms with E-state index < -0.39 is 0 Å². The molecule has 5 nitrogen and oxygen atoms in total. The van der Waals surface area contributed by atoms with E-state index in [1.807, 2.05) is 31.2 Å². The van der Waals surface area contributed by atoms with Gasteiger partial charge in [-0.15, -0.1) is 0 Å². The Kier molecular flexibility index (Phi) is 2.52. The Morgan fingerprint density at radius 2 is 1.89 bits per heavy atom. The molecule has 94 valence electrons. The van der Waals surface area contributed by atoms with Crippen LogP contribution in [0.4, 0.5) is 5.69 Å². The Labute approximate surface area is 109 Å². The van der Waals surface area contributed by atoms with E-state index in [4.69, 9.17) is 5.21 Å². The summed E-state index contributed by atoms with van der Waals surface area (Å²) < 4.78 is 0. The summed E-state index contributed by atoms with van der Waals surface area (Å²) >= 11 is 0. The number of nitrogens with one attached hydrogen (secondary N) is 1. The molecule has 19 heavy (non-hydrogen) atoms. The molecule has 0 unspecified atom stereocenters. The molecule has 1 aromatic heterocycles. The number of fused-ring (bicyclic) bond motifs is 1. The molecule has 0 atom stereocenters. The Hall–Kier alpha value is -2.69. The molecule has 0 bridgehead atoms. The normalized spacial score (nSPS) is 10.8. The average Bonchev–Trinajstić information content (AvgIpc) is 2.82. The molecule has 0 aliphatic rings. The zero-order valence-electron chi connectivity index (χ0n) is 10.3. The van der Waals surface area contributed by atoms with Gasteiger partial charge in [0.25, 0.3) is 4.92 Å². The third kappa shape index (κ3) is 2.06. The van der Waals surface area contributed by atoms with Gasteiger partial charge in [-0.05, 0) is 13.0 Å². The zero-order valence-corrected chi connectivity index (χ0v) is 10.3. The lowest BCUT2D eigenvalue weighted by atomic mass is 10.1. The number of benzene rings is 2. The number of aromatic nitrogens is 2. The molecule has 2 aromatic carbocycles. The topological polar surface area (TPSA) is 69.0 Å². The van der Waals surface area contributed by atoms with Gasteiger partial charge in [-0.25, -0.2) is 10.2 Å². The summed E-state index contributed by atoms with van der Waals surface area (Å²) in [6.07, 6.45) is 0. The van der Waals surface area contributed by atoms with Crippen LogP contribution in [0.25, 0.3) is 22.4 Å². The fourth-order valence-electron chi connectivity index (χ4n) is 1.96. The van der Waals surface area contributed by atoms with E-state index in [0.717, 1.165) is 16.9 Å². The van der Waals surface area contributed by atoms with Gasteiger partial charge in [0.15, 0.2) is 0 Å². The second kappa shape index (κ2) is 4.20. The minimum Gasteiger partial charge on any atom is -0.338 e. The van der Waals surface area contributed by atoms with Crippen LogP contribution >= 0.6 is 0 Å². The van der Waals surface area contributed by atoms with Crippen molar-refractivity contribution < 1.29 is 10.1 Å². The van der Waals surface area contributed by atoms with Crippen LogP contribution in [0.3, 0.4) is 0 Å². The second-order valence-electron chi connectivity index (χ2n) is 4.43. The van der Waals surface area contributed by atoms with Crippen molar-refractivity contribution in [2.45, 2.75) is 6.92 Å². The smallest absolute Gasteiger partial charge is 0.318 e. The van der Waals surface area contributed by atoms with E-state index >= 15 is 0 Å². The number of hydrogen-bond acceptors (Lipinski definition) is 2. The lowest BCUT2D eigenvalue weighted by Crippen LogP contribution is -1.90. The maximum absolute atomic E-state index is 10.8. The first kappa shape index (κ1) is 11.4. The maximum atomic E-state index is 10.8. The minimum atomic E-state index is -0.167. The number of nitrogens with zero attached hydrogens (tertiary/aromatic N) is 2. The van der Waals surface area contributed by atoms with Gasteiger partial charge < -0.3 is 4.98 Å². The molecule has 0 aliphatic carbocycles. The number of imidazole rings is 1. The van der Waals surface area contributed by atoms with Gasteiger partial charge in [-0.2, -0.15) is 0 Å². The molecule has 1 heterocycles. The molecule has 0 spiro atoms. The van der Waals surface area contributed by atoms with Crippen molar-refractivity contribution in [1.29, 1.82) is 0 Å². The highest BCUT2D eigenvalue weighted by Crippen LogP contribution is 2.23. The molecule has 5 heteroatoms. The predicted molar refractivity (Wildman–Crippen MR) is 71.3 cm³/mol. The molecule has 0 saturated carbocycles. The predicted octanol–water partition coefficient (Wildman–Crippen LogP) is 3.34. The van der Waals surface area contributed by atoms with E-state index in [9.17, 15) is 4.91 Å². The maximum Gasteiger partial charge on any atom is 0.318 e. The number of aromatic amines is 1. The first-order chi connectivity index (χ1) is 9.13. The first-order valence-corrected chi connectivity index (χ1v) is 5.86. The summed E-state index contributed by atoms with van der Waals surface area (Å²) in [5, 5.41) is 8.88. The van der Waals surface area contributed by atoms with E-state index in [2.05, 4.69) is 9.97 Å². The highest BCUT2D eigenvalue weighted by atomic mass is 16.6. The first-order valence-electron chi connectivity index (χ1n) is 5.86. The van der Waals surface area contributed by atoms with Crippen molar-refractivity contribution in [1.82, 2.24) is 9.97 Å². The minimum absolute atomic E-state index is 0.162. The Balaban J connectivity index is 2.11. The van der Waals surface area contributed by atoms with Crippen molar-refractivity contribution in [2.75, 3.05) is 0 Å². The van der Waals surface area contributed by atoms with Crippen molar-refractivity contribution in [3.8, 4) is 11.4 Å². The molecule has 0 aliphatic heterocycles. The molecule has 0 radical (unpaired) electrons. The van der Waals surface area contributed by atoms with Crippen LogP contribution in [0.5, 0.6) is 0 Å². The Morgan fingerprint density at radius 1 is 1.16 bits per heavy atom. The fourth-order valence-corrected chi connectivity index (χ4v) is 1.96. The lowest BCUT2D eigenvalue weighted by molar-refractivity contribution is -0.729. The van der Waals surface area contributed by atoms with Gasteiger partial charge in [-0.1, -0.05) is 29.8 Å². The highest BCUT2D eigenvalue weighted by Gasteiger charge is 2.14. The standard InChI is InChI=1S/C14H12N3O2/c1-9-2-4-10(5-3-9)14-15-12-7-6-11(17(18)19)8-13(12)16-14/h2-8H,1H3,(H,15,16)(H,18,19)/q+1. The summed E-state index contributed by atoms with van der Waals surface area (Å²) in [6, 6.07) is 12.8. The summed E-state index contributed by atoms with van der Waals surface area (Å²) in [7, 11) is 0. The van der Waals surface area contributed by atoms with Gasteiger partial charge in [0.05, 0.1) is 15.9 Å². The molecular formula is C14H12N3O2+. The molecule has 0 amide bonds. The average molecular weight is 254 g/mol. The quantitative estimate of drug-likeness (QED) is 0.689. The monoisotopic (exact) mass is 254 g/mol. The molecule has 3 rings (SSSR count). The largest absolute Gasteiger partial charge is 0.338 e. The highest BCUT2D eigenvalue weighted by molar-refractivity contribution is 5.81. The zero-order chi connectivity index (χ0) is 13.4. The molecule has 3 aromatic rings. The molecule has 0 fully saturated rings. The molecule has 2 N–H and O–H groups in total. The lowest BCUT2D eigenvalue weighted by Gasteiger charge is -1.96. The summed E-state index contributed by atoms with van der Waals surface area (Å²) in [6.45, 7) is 2.03. The van der Waals surface area contributed by atoms with Crippen LogP contribution in [0.1, 0.15) is 5.56 Å². The van der Waals surface area contributed by atoms with Crippen LogP contribution in [-0.2, 0) is 0 Å². The third-order valence-corrected chi connectivity index (χ3v) is 3.01. The van der Waals surface area contributed by atoms with E-state index in [1.165, 1.54) is 17.7 Å². The van der Waals surface area contributed by atoms with Gasteiger partial charge in [-0.3, -0.25) is 0 Å². The van der Waals surface area contributed by atoms with Crippen LogP contribution in [0.2, 0.25) is 0 Å². The number of rotatable bonds is 2. The Morgan fingerprint density at radius 3 is 2.58 bits per heavy atom. The van der Waals surface area contributed by atoms with Crippen molar-refractivity contribution >= 4 is 16.7 Å². The van der Waals surface area contributed by atoms with Gasteiger partial charge in [0, 0.05) is 17.7 Å². The van der Waals surface area contributed by atoms with Crippen LogP contribution in [0, 0.1) is 11.8 Å². The molecule has 0 saturated heterocycles. The van der Waals surface area contributed by atoms with Gasteiger partial charge in [0.1, 0.15) is 5.82 Å². The van der Waals surface area contributed by atoms with Crippen molar-refractivity contribution in [2.24, 2.45) is 0 Å². The molecular weight excluding hydrogens is 242 g/mol. The van der Waals surface area contributed by atoms with Gasteiger partial charge in [0.2, 0.25) is 0 Å². The van der Waals surface area contributed by atoms with Crippen molar-refractivity contribution in [3.05, 3.63) is 52.9 Å². The summed E-state index contributed by atoms with van der Waals surface area (Å²) in [5.74, 6) is 0.738. The van der Waals surface area contributed by atoms with E-state index in [1.54, 1.807) is 6.07 Å². The van der Waals surface area contributed by atoms with Crippen molar-refractivity contribution in [3.63, 3.8) is 0 Å². The van der Waals surface area contributed by atoms with Crippen LogP contribution in [-0.4, -0.2) is 20.1 Å². The van der Waals surface area contributed by atoms with E-state index in [0.29, 0.717) is 5.52 Å². The summed E-state index contributed by atoms with van der Waals surface area (Å²) in [5.41, 5.74) is 3.79. The SMILES string of the molecule is Cc1ccc(-c2nc3cc([N+](=O)O)ccc3[nH]2)cc1. The van der Waals surface area contributed by atoms with Gasteiger partial charge >= 0.3 is 5.69 Å². The third-order valence-electron chi connectivity index (χ3n) is 3.01. The second-order valence-corrected chi connectivity index (χ2v) is 4.43. The van der Waals surface area contributed by atoms with Crippen LogP contribution < -0.4 is 0 Å². The van der Waals surface area contributed by atoms with E-state index in [-0.39, 0.29) is 10.6 Å². The van der Waals surface area contributed by atoms with Crippen LogP contribution in [0.15, 0.2) is 42.5 Å². The Bertz CT molecular complexity index is 760. The summed E-state index contributed by atoms with van der Waals surface area (Å²) in [4.78, 5) is 18.3. The fraction of sp³-hybridized carbons (Fsp3) is 0.0714.